The molecule has 0 amide bonds. The van der Waals surface area contributed by atoms with E-state index in [1.54, 1.807) is 0 Å². The van der Waals surface area contributed by atoms with Crippen LogP contribution < -0.4 is 0 Å². The fraction of sp³-hybridized carbons (Fsp3) is 1.00. The van der Waals surface area contributed by atoms with E-state index in [9.17, 15) is 0 Å². The van der Waals surface area contributed by atoms with Crippen LogP contribution in [0.15, 0.2) is 0 Å². The van der Waals surface area contributed by atoms with E-state index in [4.69, 9.17) is 0 Å². The van der Waals surface area contributed by atoms with Crippen LogP contribution in [0, 0.1) is 17.3 Å². The van der Waals surface area contributed by atoms with Crippen LogP contribution in [0.1, 0.15) is 47.0 Å². The minimum atomic E-state index is 0.622. The summed E-state index contributed by atoms with van der Waals surface area (Å²) in [6.45, 7) is 9.58. The molecule has 0 radical (unpaired) electrons. The molecule has 1 unspecified atom stereocenters. The van der Waals surface area contributed by atoms with Gasteiger partial charge in [-0.25, -0.2) is 0 Å². The van der Waals surface area contributed by atoms with Gasteiger partial charge in [0.2, 0.25) is 0 Å². The first kappa shape index (κ1) is 8.10. The van der Waals surface area contributed by atoms with E-state index in [0.717, 1.165) is 11.8 Å². The Kier molecular flexibility index (Phi) is 2.07. The van der Waals surface area contributed by atoms with Crippen molar-refractivity contribution in [1.82, 2.24) is 0 Å². The van der Waals surface area contributed by atoms with Gasteiger partial charge in [0.1, 0.15) is 0 Å². The van der Waals surface area contributed by atoms with Gasteiger partial charge in [-0.05, 0) is 36.5 Å². The second-order valence-electron chi connectivity index (χ2n) is 5.02. The van der Waals surface area contributed by atoms with Gasteiger partial charge < -0.3 is 0 Å². The molecule has 0 aromatic rings. The zero-order valence-electron chi connectivity index (χ0n) is 7.78. The maximum atomic E-state index is 2.40. The lowest BCUT2D eigenvalue weighted by Gasteiger charge is -2.37. The molecule has 0 heteroatoms. The van der Waals surface area contributed by atoms with E-state index in [1.165, 1.54) is 19.3 Å². The van der Waals surface area contributed by atoms with Crippen molar-refractivity contribution in [1.29, 1.82) is 0 Å². The molecule has 0 heterocycles. The van der Waals surface area contributed by atoms with Crippen molar-refractivity contribution < 1.29 is 0 Å². The summed E-state index contributed by atoms with van der Waals surface area (Å²) in [4.78, 5) is 0. The molecule has 0 aromatic carbocycles. The van der Waals surface area contributed by atoms with Crippen molar-refractivity contribution in [2.24, 2.45) is 17.3 Å². The van der Waals surface area contributed by atoms with Gasteiger partial charge in [0.05, 0.1) is 0 Å². The Hall–Kier alpha value is 0. The second kappa shape index (κ2) is 2.56. The predicted molar refractivity (Wildman–Crippen MR) is 46.0 cm³/mol. The Morgan fingerprint density at radius 2 is 1.40 bits per heavy atom. The Labute approximate surface area is 65.0 Å². The van der Waals surface area contributed by atoms with Crippen LogP contribution in [0.5, 0.6) is 0 Å². The van der Waals surface area contributed by atoms with Crippen LogP contribution in [-0.4, -0.2) is 0 Å². The zero-order valence-corrected chi connectivity index (χ0v) is 7.78. The summed E-state index contributed by atoms with van der Waals surface area (Å²) in [5.74, 6) is 1.91. The maximum Gasteiger partial charge on any atom is -0.0349 e. The molecule has 1 aliphatic rings. The number of hydrogen-bond acceptors (Lipinski definition) is 0. The smallest absolute Gasteiger partial charge is 0.0349 e. The average Bonchev–Trinajstić information content (AvgIpc) is 1.54. The summed E-state index contributed by atoms with van der Waals surface area (Å²) < 4.78 is 0. The van der Waals surface area contributed by atoms with Crippen molar-refractivity contribution >= 4 is 0 Å². The van der Waals surface area contributed by atoms with Gasteiger partial charge in [0.25, 0.3) is 0 Å². The monoisotopic (exact) mass is 140 g/mol. The van der Waals surface area contributed by atoms with Gasteiger partial charge in [-0.2, -0.15) is 0 Å². The topological polar surface area (TPSA) is 0 Å². The van der Waals surface area contributed by atoms with Gasteiger partial charge >= 0.3 is 0 Å². The van der Waals surface area contributed by atoms with Gasteiger partial charge in [0, 0.05) is 0 Å². The average molecular weight is 140 g/mol. The van der Waals surface area contributed by atoms with E-state index in [0.29, 0.717) is 5.41 Å². The molecule has 0 saturated heterocycles. The molecule has 60 valence electrons. The first-order valence-corrected chi connectivity index (χ1v) is 4.49. The van der Waals surface area contributed by atoms with Crippen LogP contribution in [0.25, 0.3) is 0 Å². The lowest BCUT2D eigenvalue weighted by atomic mass is 9.69. The van der Waals surface area contributed by atoms with Crippen molar-refractivity contribution in [3.05, 3.63) is 0 Å². The van der Waals surface area contributed by atoms with E-state index in [2.05, 4.69) is 27.7 Å². The number of rotatable bonds is 0. The van der Waals surface area contributed by atoms with Crippen molar-refractivity contribution in [3.63, 3.8) is 0 Å². The molecule has 0 nitrogen and oxygen atoms in total. The Morgan fingerprint density at radius 3 is 1.70 bits per heavy atom. The first-order chi connectivity index (χ1) is 4.49. The van der Waals surface area contributed by atoms with Gasteiger partial charge in [-0.15, -0.1) is 0 Å². The molecule has 1 saturated carbocycles. The van der Waals surface area contributed by atoms with E-state index >= 15 is 0 Å². The quantitative estimate of drug-likeness (QED) is 0.483. The third-order valence-corrected chi connectivity index (χ3v) is 2.61. The minimum absolute atomic E-state index is 0.622. The Bertz CT molecular complexity index is 101. The van der Waals surface area contributed by atoms with Crippen molar-refractivity contribution in [2.45, 2.75) is 47.0 Å². The molecular formula is C10H20. The largest absolute Gasteiger partial charge is 0.0625 e. The van der Waals surface area contributed by atoms with Crippen LogP contribution in [-0.2, 0) is 0 Å². The highest BCUT2D eigenvalue weighted by Crippen LogP contribution is 2.41. The predicted octanol–water partition coefficient (Wildman–Crippen LogP) is 3.47. The van der Waals surface area contributed by atoms with E-state index in [-0.39, 0.29) is 0 Å². The van der Waals surface area contributed by atoms with Crippen LogP contribution in [0.2, 0.25) is 0 Å². The third kappa shape index (κ3) is 2.00. The molecule has 1 fully saturated rings. The van der Waals surface area contributed by atoms with Gasteiger partial charge in [-0.3, -0.25) is 0 Å². The number of hydrogen-bond donors (Lipinski definition) is 0. The van der Waals surface area contributed by atoms with Crippen molar-refractivity contribution in [2.75, 3.05) is 0 Å². The molecule has 0 aliphatic heterocycles. The zero-order chi connectivity index (χ0) is 7.78. The summed E-state index contributed by atoms with van der Waals surface area (Å²) in [5, 5.41) is 0. The first-order valence-electron chi connectivity index (χ1n) is 4.49. The van der Waals surface area contributed by atoms with E-state index < -0.39 is 0 Å². The molecule has 0 bridgehead atoms. The lowest BCUT2D eigenvalue weighted by Crippen LogP contribution is -2.25. The lowest BCUT2D eigenvalue weighted by molar-refractivity contribution is 0.143. The Balaban J connectivity index is 2.51. The summed E-state index contributed by atoms with van der Waals surface area (Å²) in [6, 6.07) is 0. The summed E-state index contributed by atoms with van der Waals surface area (Å²) in [5.41, 5.74) is 0.622. The van der Waals surface area contributed by atoms with Crippen LogP contribution in [0.4, 0.5) is 0 Å². The SMILES string of the molecule is CC1C[C@H](C)CC(C)(C)C1. The van der Waals surface area contributed by atoms with Crippen molar-refractivity contribution in [3.8, 4) is 0 Å². The van der Waals surface area contributed by atoms with E-state index in [1.807, 2.05) is 0 Å². The molecule has 10 heavy (non-hydrogen) atoms. The fourth-order valence-corrected chi connectivity index (χ4v) is 2.82. The molecule has 0 aromatic heterocycles. The minimum Gasteiger partial charge on any atom is -0.0625 e. The third-order valence-electron chi connectivity index (χ3n) is 2.61. The highest BCUT2D eigenvalue weighted by molar-refractivity contribution is 4.80. The molecule has 0 N–H and O–H groups in total. The Morgan fingerprint density at radius 1 is 1.00 bits per heavy atom. The molecule has 0 spiro atoms. The summed E-state index contributed by atoms with van der Waals surface area (Å²) >= 11 is 0. The van der Waals surface area contributed by atoms with Gasteiger partial charge in [-0.1, -0.05) is 27.7 Å². The fourth-order valence-electron chi connectivity index (χ4n) is 2.82. The van der Waals surface area contributed by atoms with Gasteiger partial charge in [0.15, 0.2) is 0 Å². The normalized spacial score (nSPS) is 39.6. The summed E-state index contributed by atoms with van der Waals surface area (Å²) in [6.07, 6.45) is 4.30. The highest BCUT2D eigenvalue weighted by atomic mass is 14.3. The molecule has 2 atom stereocenters. The second-order valence-corrected chi connectivity index (χ2v) is 5.02. The molecule has 1 rings (SSSR count). The highest BCUT2D eigenvalue weighted by Gasteiger charge is 2.29. The van der Waals surface area contributed by atoms with Crippen LogP contribution >= 0.6 is 0 Å². The molecule has 1 aliphatic carbocycles. The summed E-state index contributed by atoms with van der Waals surface area (Å²) in [7, 11) is 0. The molecular weight excluding hydrogens is 120 g/mol. The van der Waals surface area contributed by atoms with Crippen LogP contribution in [0.3, 0.4) is 0 Å². The standard InChI is InChI=1S/C10H20/c1-8-5-9(2)7-10(3,4)6-8/h8-9H,5-7H2,1-4H3/t8-,9?/m0/s1. The maximum absolute atomic E-state index is 2.40.